The second kappa shape index (κ2) is 6.54. The molecule has 0 unspecified atom stereocenters. The summed E-state index contributed by atoms with van der Waals surface area (Å²) in [5, 5.41) is 14.1. The van der Waals surface area contributed by atoms with Crippen molar-refractivity contribution >= 4 is 5.91 Å². The number of hydrogen-bond donors (Lipinski definition) is 1. The van der Waals surface area contributed by atoms with E-state index in [1.165, 1.54) is 0 Å². The van der Waals surface area contributed by atoms with Crippen LogP contribution in [-0.4, -0.2) is 38.3 Å². The van der Waals surface area contributed by atoms with E-state index < -0.39 is 0 Å². The third kappa shape index (κ3) is 3.45. The van der Waals surface area contributed by atoms with Gasteiger partial charge in [0.15, 0.2) is 0 Å². The van der Waals surface area contributed by atoms with Crippen LogP contribution in [0.4, 0.5) is 0 Å². The molecule has 1 fully saturated rings. The summed E-state index contributed by atoms with van der Waals surface area (Å²) in [5.74, 6) is 0.357. The van der Waals surface area contributed by atoms with E-state index in [0.717, 1.165) is 24.1 Å². The second-order valence-electron chi connectivity index (χ2n) is 6.31. The lowest BCUT2D eigenvalue weighted by Crippen LogP contribution is -2.43. The fourth-order valence-corrected chi connectivity index (χ4v) is 3.07. The van der Waals surface area contributed by atoms with Crippen molar-refractivity contribution in [2.45, 2.75) is 32.4 Å². The zero-order chi connectivity index (χ0) is 16.4. The summed E-state index contributed by atoms with van der Waals surface area (Å²) in [6, 6.07) is 9.81. The minimum atomic E-state index is -0.123. The Labute approximate surface area is 136 Å². The molecule has 1 amide bonds. The Bertz CT molecular complexity index is 677. The predicted molar refractivity (Wildman–Crippen MR) is 87.9 cm³/mol. The smallest absolute Gasteiger partial charge is 0.257 e. The lowest BCUT2D eigenvalue weighted by Gasteiger charge is -2.31. The topological polar surface area (TPSA) is 58.4 Å². The van der Waals surface area contributed by atoms with Gasteiger partial charge in [-0.3, -0.25) is 9.48 Å². The Morgan fingerprint density at radius 3 is 2.61 bits per heavy atom. The van der Waals surface area contributed by atoms with Gasteiger partial charge in [0.05, 0.1) is 23.9 Å². The van der Waals surface area contributed by atoms with Crippen molar-refractivity contribution in [1.82, 2.24) is 14.7 Å². The number of aliphatic hydroxyl groups excluding tert-OH is 1. The van der Waals surface area contributed by atoms with Crippen LogP contribution in [-0.2, 0) is 13.6 Å². The standard InChI is InChI=1S/C18H23N3O2/c1-13-16(11-20(2)19-13)18(23)21(17(12-22)15-8-9-15)10-14-6-4-3-5-7-14/h3-7,11,15,17,22H,8-10,12H2,1-2H3/t17-/m0/s1. The molecule has 0 aliphatic heterocycles. The summed E-state index contributed by atoms with van der Waals surface area (Å²) in [5.41, 5.74) is 2.41. The first-order chi connectivity index (χ1) is 11.1. The van der Waals surface area contributed by atoms with Crippen LogP contribution in [0.2, 0.25) is 0 Å². The molecule has 122 valence electrons. The largest absolute Gasteiger partial charge is 0.394 e. The highest BCUT2D eigenvalue weighted by molar-refractivity contribution is 5.95. The van der Waals surface area contributed by atoms with E-state index in [2.05, 4.69) is 5.10 Å². The fraction of sp³-hybridized carbons (Fsp3) is 0.444. The van der Waals surface area contributed by atoms with Gasteiger partial charge in [0.25, 0.3) is 5.91 Å². The number of aryl methyl sites for hydroxylation is 2. The molecule has 23 heavy (non-hydrogen) atoms. The van der Waals surface area contributed by atoms with E-state index >= 15 is 0 Å². The molecule has 0 radical (unpaired) electrons. The predicted octanol–water partition coefficient (Wildman–Crippen LogP) is 2.14. The van der Waals surface area contributed by atoms with E-state index in [1.54, 1.807) is 10.9 Å². The lowest BCUT2D eigenvalue weighted by molar-refractivity contribution is 0.0530. The number of amides is 1. The minimum absolute atomic E-state index is 0.00253. The van der Waals surface area contributed by atoms with Crippen LogP contribution < -0.4 is 0 Å². The molecular weight excluding hydrogens is 290 g/mol. The fourth-order valence-electron chi connectivity index (χ4n) is 3.07. The maximum atomic E-state index is 13.1. The van der Waals surface area contributed by atoms with Gasteiger partial charge < -0.3 is 10.0 Å². The number of nitrogens with zero attached hydrogens (tertiary/aromatic N) is 3. The SMILES string of the molecule is Cc1nn(C)cc1C(=O)N(Cc1ccccc1)[C@@H](CO)C1CC1. The van der Waals surface area contributed by atoms with Crippen LogP contribution in [0.1, 0.15) is 34.5 Å². The monoisotopic (exact) mass is 313 g/mol. The van der Waals surface area contributed by atoms with Gasteiger partial charge in [0.1, 0.15) is 0 Å². The van der Waals surface area contributed by atoms with Gasteiger partial charge in [-0.05, 0) is 31.2 Å². The molecule has 1 atom stereocenters. The van der Waals surface area contributed by atoms with Crippen molar-refractivity contribution < 1.29 is 9.90 Å². The summed E-state index contributed by atoms with van der Waals surface area (Å²) < 4.78 is 1.66. The van der Waals surface area contributed by atoms with Crippen LogP contribution in [0.15, 0.2) is 36.5 Å². The van der Waals surface area contributed by atoms with Crippen molar-refractivity contribution in [1.29, 1.82) is 0 Å². The minimum Gasteiger partial charge on any atom is -0.394 e. The zero-order valence-corrected chi connectivity index (χ0v) is 13.6. The normalized spacial score (nSPS) is 15.4. The van der Waals surface area contributed by atoms with Crippen molar-refractivity contribution in [2.75, 3.05) is 6.61 Å². The first-order valence-electron chi connectivity index (χ1n) is 8.06. The summed E-state index contributed by atoms with van der Waals surface area (Å²) >= 11 is 0. The molecule has 5 heteroatoms. The Hall–Kier alpha value is -2.14. The van der Waals surface area contributed by atoms with Crippen LogP contribution in [0, 0.1) is 12.8 Å². The average Bonchev–Trinajstić information content (AvgIpc) is 3.32. The Morgan fingerprint density at radius 2 is 2.09 bits per heavy atom. The third-order valence-corrected chi connectivity index (χ3v) is 4.45. The van der Waals surface area contributed by atoms with Crippen LogP contribution in [0.25, 0.3) is 0 Å². The molecule has 1 aliphatic carbocycles. The highest BCUT2D eigenvalue weighted by Gasteiger charge is 2.37. The molecule has 0 bridgehead atoms. The number of rotatable bonds is 6. The lowest BCUT2D eigenvalue weighted by atomic mass is 10.1. The maximum Gasteiger partial charge on any atom is 0.257 e. The van der Waals surface area contributed by atoms with Gasteiger partial charge in [-0.1, -0.05) is 30.3 Å². The van der Waals surface area contributed by atoms with Crippen molar-refractivity contribution in [3.05, 3.63) is 53.3 Å². The van der Waals surface area contributed by atoms with E-state index in [4.69, 9.17) is 0 Å². The summed E-state index contributed by atoms with van der Waals surface area (Å²) in [7, 11) is 1.82. The van der Waals surface area contributed by atoms with E-state index in [9.17, 15) is 9.90 Å². The Kier molecular flexibility index (Phi) is 4.48. The number of aromatic nitrogens is 2. The number of benzene rings is 1. The van der Waals surface area contributed by atoms with Crippen LogP contribution in [0.5, 0.6) is 0 Å². The summed E-state index contributed by atoms with van der Waals surface area (Å²) in [6.45, 7) is 2.36. The zero-order valence-electron chi connectivity index (χ0n) is 13.6. The van der Waals surface area contributed by atoms with Crippen LogP contribution in [0.3, 0.4) is 0 Å². The molecule has 1 aliphatic rings. The van der Waals surface area contributed by atoms with E-state index in [0.29, 0.717) is 18.0 Å². The molecule has 1 saturated carbocycles. The molecule has 1 aromatic heterocycles. The maximum absolute atomic E-state index is 13.1. The van der Waals surface area contributed by atoms with Crippen molar-refractivity contribution in [3.63, 3.8) is 0 Å². The average molecular weight is 313 g/mol. The molecule has 5 nitrogen and oxygen atoms in total. The highest BCUT2D eigenvalue weighted by atomic mass is 16.3. The van der Waals surface area contributed by atoms with Gasteiger partial charge in [-0.15, -0.1) is 0 Å². The number of carbonyl (C=O) groups is 1. The summed E-state index contributed by atoms with van der Waals surface area (Å²) in [4.78, 5) is 14.9. The molecule has 0 saturated heterocycles. The number of hydrogen-bond acceptors (Lipinski definition) is 3. The molecule has 3 rings (SSSR count). The molecule has 2 aromatic rings. The third-order valence-electron chi connectivity index (χ3n) is 4.45. The number of carbonyl (C=O) groups excluding carboxylic acids is 1. The van der Waals surface area contributed by atoms with Gasteiger partial charge in [0, 0.05) is 19.8 Å². The quantitative estimate of drug-likeness (QED) is 0.889. The van der Waals surface area contributed by atoms with Gasteiger partial charge in [-0.25, -0.2) is 0 Å². The molecule has 1 heterocycles. The Balaban J connectivity index is 1.90. The van der Waals surface area contributed by atoms with Crippen molar-refractivity contribution in [3.8, 4) is 0 Å². The first kappa shape index (κ1) is 15.7. The van der Waals surface area contributed by atoms with Gasteiger partial charge >= 0.3 is 0 Å². The highest BCUT2D eigenvalue weighted by Crippen LogP contribution is 2.36. The first-order valence-corrected chi connectivity index (χ1v) is 8.06. The van der Waals surface area contributed by atoms with Gasteiger partial charge in [-0.2, -0.15) is 5.10 Å². The number of aliphatic hydroxyl groups is 1. The van der Waals surface area contributed by atoms with Crippen LogP contribution >= 0.6 is 0 Å². The second-order valence-corrected chi connectivity index (χ2v) is 6.31. The molecule has 1 N–H and O–H groups in total. The molecule has 1 aromatic carbocycles. The summed E-state index contributed by atoms with van der Waals surface area (Å²) in [6.07, 6.45) is 3.92. The van der Waals surface area contributed by atoms with Gasteiger partial charge in [0.2, 0.25) is 0 Å². The van der Waals surface area contributed by atoms with Crippen molar-refractivity contribution in [2.24, 2.45) is 13.0 Å². The Morgan fingerprint density at radius 1 is 1.39 bits per heavy atom. The molecular formula is C18H23N3O2. The molecule has 0 spiro atoms. The van der Waals surface area contributed by atoms with E-state index in [1.807, 2.05) is 49.2 Å². The van der Waals surface area contributed by atoms with E-state index in [-0.39, 0.29) is 18.6 Å².